The Bertz CT molecular complexity index is 514. The van der Waals surface area contributed by atoms with Crippen molar-refractivity contribution in [3.8, 4) is 0 Å². The number of benzene rings is 1. The van der Waals surface area contributed by atoms with Crippen LogP contribution in [0.25, 0.3) is 10.9 Å². The smallest absolute Gasteiger partial charge is 0.0517 e. The van der Waals surface area contributed by atoms with Crippen molar-refractivity contribution in [1.29, 1.82) is 0 Å². The Morgan fingerprint density at radius 1 is 1.29 bits per heavy atom. The molecule has 0 atom stereocenters. The van der Waals surface area contributed by atoms with E-state index >= 15 is 0 Å². The van der Waals surface area contributed by atoms with Crippen molar-refractivity contribution >= 4 is 26.8 Å². The number of H-pyrrole nitrogens is 1. The van der Waals surface area contributed by atoms with E-state index in [-0.39, 0.29) is 5.41 Å². The maximum Gasteiger partial charge on any atom is 0.0517 e. The minimum Gasteiger partial charge on any atom is -0.358 e. The molecule has 2 nitrogen and oxygen atoms in total. The standard InChI is InChI=1S/C14H19BrN2/c1-10-13(14(2,3)8-16-9-15)11-6-4-5-7-12(11)17-10/h4-7,16-17H,8-9H2,1-3H3. The van der Waals surface area contributed by atoms with Crippen LogP contribution in [0.15, 0.2) is 24.3 Å². The summed E-state index contributed by atoms with van der Waals surface area (Å²) in [6.07, 6.45) is 0. The molecule has 1 heterocycles. The Hall–Kier alpha value is -0.800. The number of nitrogens with one attached hydrogen (secondary N) is 2. The second-order valence-electron chi connectivity index (χ2n) is 5.11. The minimum absolute atomic E-state index is 0.122. The van der Waals surface area contributed by atoms with Gasteiger partial charge in [-0.1, -0.05) is 48.0 Å². The summed E-state index contributed by atoms with van der Waals surface area (Å²) in [6.45, 7) is 7.68. The third-order valence-corrected chi connectivity index (χ3v) is 3.63. The van der Waals surface area contributed by atoms with Crippen LogP contribution in [0, 0.1) is 6.92 Å². The van der Waals surface area contributed by atoms with Crippen molar-refractivity contribution in [1.82, 2.24) is 10.3 Å². The number of aromatic amines is 1. The van der Waals surface area contributed by atoms with Gasteiger partial charge in [0.05, 0.1) is 5.45 Å². The van der Waals surface area contributed by atoms with Crippen molar-refractivity contribution in [3.05, 3.63) is 35.5 Å². The SMILES string of the molecule is Cc1[nH]c2ccccc2c1C(C)(C)CNCBr. The topological polar surface area (TPSA) is 27.8 Å². The van der Waals surface area contributed by atoms with E-state index in [0.29, 0.717) is 0 Å². The van der Waals surface area contributed by atoms with Gasteiger partial charge in [-0.2, -0.15) is 0 Å². The molecule has 0 fully saturated rings. The van der Waals surface area contributed by atoms with E-state index in [2.05, 4.69) is 71.3 Å². The molecule has 92 valence electrons. The lowest BCUT2D eigenvalue weighted by Gasteiger charge is -2.25. The fourth-order valence-corrected chi connectivity index (χ4v) is 2.80. The lowest BCUT2D eigenvalue weighted by Crippen LogP contribution is -2.32. The summed E-state index contributed by atoms with van der Waals surface area (Å²) in [5.41, 5.74) is 4.87. The van der Waals surface area contributed by atoms with Crippen LogP contribution >= 0.6 is 15.9 Å². The van der Waals surface area contributed by atoms with Crippen molar-refractivity contribution < 1.29 is 0 Å². The monoisotopic (exact) mass is 294 g/mol. The average molecular weight is 295 g/mol. The quantitative estimate of drug-likeness (QED) is 0.653. The molecule has 2 N–H and O–H groups in total. The van der Waals surface area contributed by atoms with Gasteiger partial charge in [-0.25, -0.2) is 0 Å². The third-order valence-electron chi connectivity index (χ3n) is 3.23. The van der Waals surface area contributed by atoms with Gasteiger partial charge in [0.15, 0.2) is 0 Å². The number of aryl methyl sites for hydroxylation is 1. The van der Waals surface area contributed by atoms with Gasteiger partial charge in [0.2, 0.25) is 0 Å². The predicted molar refractivity (Wildman–Crippen MR) is 77.9 cm³/mol. The Kier molecular flexibility index (Phi) is 3.59. The molecule has 0 saturated carbocycles. The summed E-state index contributed by atoms with van der Waals surface area (Å²) in [4.78, 5) is 3.47. The van der Waals surface area contributed by atoms with Gasteiger partial charge in [0.25, 0.3) is 0 Å². The first-order valence-corrected chi connectivity index (χ1v) is 7.03. The van der Waals surface area contributed by atoms with Crippen LogP contribution in [0.4, 0.5) is 0 Å². The highest BCUT2D eigenvalue weighted by Crippen LogP contribution is 2.32. The molecule has 0 spiro atoms. The van der Waals surface area contributed by atoms with Gasteiger partial charge in [-0.15, -0.1) is 0 Å². The van der Waals surface area contributed by atoms with Crippen LogP contribution in [0.3, 0.4) is 0 Å². The lowest BCUT2D eigenvalue weighted by atomic mass is 9.82. The van der Waals surface area contributed by atoms with Crippen molar-refractivity contribution in [2.24, 2.45) is 0 Å². The molecule has 1 aromatic heterocycles. The van der Waals surface area contributed by atoms with Crippen molar-refractivity contribution in [3.63, 3.8) is 0 Å². The zero-order valence-electron chi connectivity index (χ0n) is 10.6. The van der Waals surface area contributed by atoms with Gasteiger partial charge in [-0.05, 0) is 18.6 Å². The second kappa shape index (κ2) is 4.83. The van der Waals surface area contributed by atoms with Crippen LogP contribution in [0.5, 0.6) is 0 Å². The highest BCUT2D eigenvalue weighted by atomic mass is 79.9. The van der Waals surface area contributed by atoms with E-state index in [4.69, 9.17) is 0 Å². The Morgan fingerprint density at radius 2 is 2.00 bits per heavy atom. The summed E-state index contributed by atoms with van der Waals surface area (Å²) in [5, 5.41) is 4.71. The molecule has 0 unspecified atom stereocenters. The first-order chi connectivity index (χ1) is 8.06. The van der Waals surface area contributed by atoms with E-state index in [1.807, 2.05) is 0 Å². The molecular weight excluding hydrogens is 276 g/mol. The molecule has 0 bridgehead atoms. The molecule has 0 aliphatic rings. The molecule has 0 amide bonds. The Morgan fingerprint density at radius 3 is 2.71 bits per heavy atom. The highest BCUT2D eigenvalue weighted by Gasteiger charge is 2.25. The highest BCUT2D eigenvalue weighted by molar-refractivity contribution is 9.09. The van der Waals surface area contributed by atoms with E-state index < -0.39 is 0 Å². The molecule has 0 aliphatic heterocycles. The molecule has 0 saturated heterocycles. The first kappa shape index (κ1) is 12.7. The number of halogens is 1. The average Bonchev–Trinajstić information content (AvgIpc) is 2.63. The maximum absolute atomic E-state index is 3.47. The largest absolute Gasteiger partial charge is 0.358 e. The fraction of sp³-hybridized carbons (Fsp3) is 0.429. The van der Waals surface area contributed by atoms with Gasteiger partial charge in [-0.3, -0.25) is 0 Å². The Balaban J connectivity index is 2.50. The normalized spacial score (nSPS) is 12.2. The van der Waals surface area contributed by atoms with Gasteiger partial charge in [0, 0.05) is 28.6 Å². The predicted octanol–water partition coefficient (Wildman–Crippen LogP) is 3.70. The van der Waals surface area contributed by atoms with E-state index in [1.54, 1.807) is 0 Å². The van der Waals surface area contributed by atoms with Crippen LogP contribution in [0.1, 0.15) is 25.1 Å². The first-order valence-electron chi connectivity index (χ1n) is 5.91. The molecule has 3 heteroatoms. The number of rotatable bonds is 4. The lowest BCUT2D eigenvalue weighted by molar-refractivity contribution is 0.492. The molecule has 17 heavy (non-hydrogen) atoms. The fourth-order valence-electron chi connectivity index (χ4n) is 2.60. The van der Waals surface area contributed by atoms with Crippen LogP contribution < -0.4 is 5.32 Å². The maximum atomic E-state index is 3.47. The Labute approximate surface area is 111 Å². The van der Waals surface area contributed by atoms with Crippen LogP contribution in [-0.2, 0) is 5.41 Å². The van der Waals surface area contributed by atoms with Crippen molar-refractivity contribution in [2.45, 2.75) is 26.2 Å². The molecule has 0 radical (unpaired) electrons. The van der Waals surface area contributed by atoms with E-state index in [0.717, 1.165) is 12.0 Å². The van der Waals surface area contributed by atoms with Crippen molar-refractivity contribution in [2.75, 3.05) is 12.0 Å². The molecule has 1 aromatic carbocycles. The molecular formula is C14H19BrN2. The second-order valence-corrected chi connectivity index (χ2v) is 5.68. The molecule has 2 rings (SSSR count). The van der Waals surface area contributed by atoms with Gasteiger partial charge < -0.3 is 10.3 Å². The van der Waals surface area contributed by atoms with Crippen LogP contribution in [-0.4, -0.2) is 17.0 Å². The number of hydrogen-bond donors (Lipinski definition) is 2. The molecule has 0 aliphatic carbocycles. The summed E-state index contributed by atoms with van der Waals surface area (Å²) < 4.78 is 0. The minimum atomic E-state index is 0.122. The number of fused-ring (bicyclic) bond motifs is 1. The van der Waals surface area contributed by atoms with E-state index in [1.165, 1.54) is 22.2 Å². The van der Waals surface area contributed by atoms with Gasteiger partial charge in [0.1, 0.15) is 0 Å². The summed E-state index contributed by atoms with van der Waals surface area (Å²) in [6, 6.07) is 8.52. The van der Waals surface area contributed by atoms with E-state index in [9.17, 15) is 0 Å². The van der Waals surface area contributed by atoms with Crippen LogP contribution in [0.2, 0.25) is 0 Å². The summed E-state index contributed by atoms with van der Waals surface area (Å²) >= 11 is 3.41. The zero-order chi connectivity index (χ0) is 12.5. The zero-order valence-corrected chi connectivity index (χ0v) is 12.2. The summed E-state index contributed by atoms with van der Waals surface area (Å²) in [7, 11) is 0. The van der Waals surface area contributed by atoms with Gasteiger partial charge >= 0.3 is 0 Å². The number of alkyl halides is 1. The number of hydrogen-bond acceptors (Lipinski definition) is 1. The molecule has 2 aromatic rings. The number of para-hydroxylation sites is 1. The summed E-state index contributed by atoms with van der Waals surface area (Å²) in [5.74, 6) is 0. The third kappa shape index (κ3) is 2.40. The number of aromatic nitrogens is 1.